The average Bonchev–Trinajstić information content (AvgIpc) is 2.94. The Labute approximate surface area is 216 Å². The van der Waals surface area contributed by atoms with Gasteiger partial charge in [0.25, 0.3) is 0 Å². The van der Waals surface area contributed by atoms with Crippen LogP contribution < -0.4 is 19.7 Å². The summed E-state index contributed by atoms with van der Waals surface area (Å²) in [7, 11) is 3.78. The van der Waals surface area contributed by atoms with Crippen molar-refractivity contribution in [3.63, 3.8) is 0 Å². The third-order valence-electron chi connectivity index (χ3n) is 6.65. The van der Waals surface area contributed by atoms with E-state index in [0.717, 1.165) is 56.1 Å². The standard InChI is InChI=1S/C27H31N7O3/c1-33-7-9-34(10-8-33)27-25(35-2)14-21(17-29-27)32-26-15-23(30-18-31-26)19-3-4-24(20(13-19)16-28)37-22-5-11-36-12-6-22/h3-4,13-15,17-18,22H,5-12H2,1-2H3,(H,30,31,32). The lowest BCUT2D eigenvalue weighted by Crippen LogP contribution is -2.44. The minimum atomic E-state index is 0.0646. The number of piperazine rings is 1. The van der Waals surface area contributed by atoms with Crippen LogP contribution in [-0.2, 0) is 4.74 Å². The van der Waals surface area contributed by atoms with Gasteiger partial charge in [-0.15, -0.1) is 0 Å². The molecular weight excluding hydrogens is 470 g/mol. The molecule has 0 bridgehead atoms. The van der Waals surface area contributed by atoms with Gasteiger partial charge >= 0.3 is 0 Å². The first-order valence-corrected chi connectivity index (χ1v) is 12.5. The van der Waals surface area contributed by atoms with Crippen LogP contribution in [0.25, 0.3) is 11.3 Å². The number of hydrogen-bond acceptors (Lipinski definition) is 10. The van der Waals surface area contributed by atoms with Crippen LogP contribution in [0.1, 0.15) is 18.4 Å². The maximum absolute atomic E-state index is 9.72. The predicted octanol–water partition coefficient (Wildman–Crippen LogP) is 3.47. The van der Waals surface area contributed by atoms with Crippen LogP contribution in [-0.4, -0.2) is 79.5 Å². The van der Waals surface area contributed by atoms with E-state index in [2.05, 4.69) is 43.2 Å². The van der Waals surface area contributed by atoms with Crippen LogP contribution in [0.2, 0.25) is 0 Å². The molecule has 0 radical (unpaired) electrons. The normalized spacial score (nSPS) is 16.7. The molecule has 2 aliphatic heterocycles. The summed E-state index contributed by atoms with van der Waals surface area (Å²) in [5.41, 5.74) is 2.74. The number of likely N-dealkylation sites (N-methyl/N-ethyl adjacent to an activating group) is 1. The highest BCUT2D eigenvalue weighted by Gasteiger charge is 2.20. The first-order chi connectivity index (χ1) is 18.1. The molecule has 10 nitrogen and oxygen atoms in total. The molecule has 37 heavy (non-hydrogen) atoms. The Morgan fingerprint density at radius 1 is 1.03 bits per heavy atom. The fourth-order valence-electron chi connectivity index (χ4n) is 4.50. The molecule has 0 unspecified atom stereocenters. The summed E-state index contributed by atoms with van der Waals surface area (Å²) < 4.78 is 17.1. The zero-order valence-electron chi connectivity index (χ0n) is 21.2. The van der Waals surface area contributed by atoms with Crippen molar-refractivity contribution in [2.24, 2.45) is 0 Å². The molecule has 2 saturated heterocycles. The minimum Gasteiger partial charge on any atom is -0.493 e. The lowest BCUT2D eigenvalue weighted by Gasteiger charge is -2.33. The highest BCUT2D eigenvalue weighted by molar-refractivity contribution is 5.69. The number of hydrogen-bond donors (Lipinski definition) is 1. The van der Waals surface area contributed by atoms with Crippen molar-refractivity contribution in [1.29, 1.82) is 5.26 Å². The lowest BCUT2D eigenvalue weighted by atomic mass is 10.1. The number of nitriles is 1. The summed E-state index contributed by atoms with van der Waals surface area (Å²) in [5.74, 6) is 2.76. The van der Waals surface area contributed by atoms with Crippen LogP contribution in [0.15, 0.2) is 42.9 Å². The Balaban J connectivity index is 1.32. The molecule has 1 N–H and O–H groups in total. The lowest BCUT2D eigenvalue weighted by molar-refractivity contribution is 0.0254. The van der Waals surface area contributed by atoms with Crippen molar-refractivity contribution in [3.05, 3.63) is 48.4 Å². The number of aromatic nitrogens is 3. The Morgan fingerprint density at radius 3 is 2.59 bits per heavy atom. The number of rotatable bonds is 7. The van der Waals surface area contributed by atoms with Gasteiger partial charge in [0, 0.05) is 56.7 Å². The Kier molecular flexibility index (Phi) is 7.63. The first-order valence-electron chi connectivity index (χ1n) is 12.5. The number of ether oxygens (including phenoxy) is 3. The monoisotopic (exact) mass is 501 g/mol. The molecule has 10 heteroatoms. The van der Waals surface area contributed by atoms with Crippen molar-refractivity contribution in [1.82, 2.24) is 19.9 Å². The predicted molar refractivity (Wildman–Crippen MR) is 140 cm³/mol. The van der Waals surface area contributed by atoms with E-state index in [-0.39, 0.29) is 6.10 Å². The summed E-state index contributed by atoms with van der Waals surface area (Å²) in [6, 6.07) is 11.6. The van der Waals surface area contributed by atoms with E-state index in [0.29, 0.717) is 41.8 Å². The summed E-state index contributed by atoms with van der Waals surface area (Å²) in [4.78, 5) is 18.0. The average molecular weight is 502 g/mol. The number of nitrogens with one attached hydrogen (secondary N) is 1. The third-order valence-corrected chi connectivity index (χ3v) is 6.65. The molecule has 2 fully saturated rings. The maximum Gasteiger partial charge on any atom is 0.171 e. The fourth-order valence-corrected chi connectivity index (χ4v) is 4.50. The van der Waals surface area contributed by atoms with Gasteiger partial charge in [-0.05, 0) is 25.2 Å². The number of methoxy groups -OCH3 is 1. The fraction of sp³-hybridized carbons (Fsp3) is 0.407. The Morgan fingerprint density at radius 2 is 1.84 bits per heavy atom. The third kappa shape index (κ3) is 5.90. The zero-order chi connectivity index (χ0) is 25.6. The van der Waals surface area contributed by atoms with Gasteiger partial charge in [0.2, 0.25) is 0 Å². The quantitative estimate of drug-likeness (QED) is 0.517. The van der Waals surface area contributed by atoms with Crippen LogP contribution in [0.3, 0.4) is 0 Å². The van der Waals surface area contributed by atoms with Gasteiger partial charge in [-0.25, -0.2) is 15.0 Å². The zero-order valence-corrected chi connectivity index (χ0v) is 21.2. The molecule has 0 amide bonds. The van der Waals surface area contributed by atoms with E-state index in [9.17, 15) is 5.26 Å². The second kappa shape index (κ2) is 11.4. The molecule has 4 heterocycles. The van der Waals surface area contributed by atoms with Gasteiger partial charge in [-0.3, -0.25) is 0 Å². The molecule has 3 aromatic rings. The van der Waals surface area contributed by atoms with Gasteiger partial charge in [0.1, 0.15) is 30.1 Å². The molecule has 0 spiro atoms. The van der Waals surface area contributed by atoms with Crippen molar-refractivity contribution in [2.45, 2.75) is 18.9 Å². The maximum atomic E-state index is 9.72. The summed E-state index contributed by atoms with van der Waals surface area (Å²) in [5, 5.41) is 13.0. The number of pyridine rings is 1. The van der Waals surface area contributed by atoms with Crippen LogP contribution in [0.5, 0.6) is 11.5 Å². The van der Waals surface area contributed by atoms with Crippen molar-refractivity contribution < 1.29 is 14.2 Å². The van der Waals surface area contributed by atoms with Gasteiger partial charge < -0.3 is 29.3 Å². The molecule has 0 atom stereocenters. The molecule has 0 aliphatic carbocycles. The summed E-state index contributed by atoms with van der Waals surface area (Å²) >= 11 is 0. The van der Waals surface area contributed by atoms with E-state index in [1.807, 2.05) is 24.3 Å². The molecule has 1 aromatic carbocycles. The molecular formula is C27H31N7O3. The van der Waals surface area contributed by atoms with Crippen molar-refractivity contribution in [2.75, 3.05) is 63.8 Å². The van der Waals surface area contributed by atoms with E-state index < -0.39 is 0 Å². The number of nitrogens with zero attached hydrogens (tertiary/aromatic N) is 6. The SMILES string of the molecule is COc1cc(Nc2cc(-c3ccc(OC4CCOCC4)c(C#N)c3)ncn2)cnc1N1CCN(C)CC1. The topological polar surface area (TPSA) is 109 Å². The smallest absolute Gasteiger partial charge is 0.171 e. The largest absolute Gasteiger partial charge is 0.493 e. The van der Waals surface area contributed by atoms with Crippen molar-refractivity contribution >= 4 is 17.3 Å². The van der Waals surface area contributed by atoms with Crippen LogP contribution >= 0.6 is 0 Å². The highest BCUT2D eigenvalue weighted by atomic mass is 16.5. The van der Waals surface area contributed by atoms with E-state index in [4.69, 9.17) is 14.2 Å². The molecule has 192 valence electrons. The highest BCUT2D eigenvalue weighted by Crippen LogP contribution is 2.31. The van der Waals surface area contributed by atoms with E-state index in [1.165, 1.54) is 6.33 Å². The van der Waals surface area contributed by atoms with E-state index in [1.54, 1.807) is 19.4 Å². The second-order valence-electron chi connectivity index (χ2n) is 9.21. The number of anilines is 3. The van der Waals surface area contributed by atoms with Crippen LogP contribution in [0.4, 0.5) is 17.3 Å². The van der Waals surface area contributed by atoms with Gasteiger partial charge in [-0.1, -0.05) is 0 Å². The Bertz CT molecular complexity index is 1270. The first kappa shape index (κ1) is 24.7. The van der Waals surface area contributed by atoms with Gasteiger partial charge in [0.15, 0.2) is 11.6 Å². The van der Waals surface area contributed by atoms with Crippen molar-refractivity contribution in [3.8, 4) is 28.8 Å². The second-order valence-corrected chi connectivity index (χ2v) is 9.21. The summed E-state index contributed by atoms with van der Waals surface area (Å²) in [6.45, 7) is 5.16. The van der Waals surface area contributed by atoms with E-state index >= 15 is 0 Å². The summed E-state index contributed by atoms with van der Waals surface area (Å²) in [6.07, 6.45) is 5.00. The van der Waals surface area contributed by atoms with Gasteiger partial charge in [0.05, 0.1) is 43.5 Å². The molecule has 0 saturated carbocycles. The minimum absolute atomic E-state index is 0.0646. The number of benzene rings is 1. The molecule has 5 rings (SSSR count). The molecule has 2 aliphatic rings. The Hall–Kier alpha value is -3.94. The van der Waals surface area contributed by atoms with Crippen LogP contribution in [0, 0.1) is 11.3 Å². The molecule has 2 aromatic heterocycles. The van der Waals surface area contributed by atoms with Gasteiger partial charge in [-0.2, -0.15) is 5.26 Å².